The SMILES string of the molecule is CC(C)n1cnc2cnc(Cc3ccnc(N4CCCC4CO)n3)cc21. The average molecular weight is 352 g/mol. The summed E-state index contributed by atoms with van der Waals surface area (Å²) in [7, 11) is 0. The third-order valence-corrected chi connectivity index (χ3v) is 4.98. The molecule has 1 atom stereocenters. The van der Waals surface area contributed by atoms with Crippen LogP contribution in [0.5, 0.6) is 0 Å². The number of aliphatic hydroxyl groups is 1. The van der Waals surface area contributed by atoms with Crippen LogP contribution in [-0.2, 0) is 6.42 Å². The Morgan fingerprint density at radius 1 is 1.23 bits per heavy atom. The van der Waals surface area contributed by atoms with Gasteiger partial charge in [-0.25, -0.2) is 15.0 Å². The summed E-state index contributed by atoms with van der Waals surface area (Å²) in [5, 5.41) is 9.54. The molecular formula is C19H24N6O. The van der Waals surface area contributed by atoms with E-state index in [2.05, 4.69) is 44.3 Å². The summed E-state index contributed by atoms with van der Waals surface area (Å²) in [5.41, 5.74) is 3.90. The fourth-order valence-electron chi connectivity index (χ4n) is 3.58. The number of fused-ring (bicyclic) bond motifs is 1. The second kappa shape index (κ2) is 6.99. The Morgan fingerprint density at radius 2 is 2.12 bits per heavy atom. The quantitative estimate of drug-likeness (QED) is 0.759. The number of aliphatic hydroxyl groups excluding tert-OH is 1. The first-order chi connectivity index (χ1) is 12.7. The number of hydrogen-bond acceptors (Lipinski definition) is 6. The lowest BCUT2D eigenvalue weighted by Gasteiger charge is -2.23. The molecule has 136 valence electrons. The van der Waals surface area contributed by atoms with Gasteiger partial charge in [-0.1, -0.05) is 0 Å². The third-order valence-electron chi connectivity index (χ3n) is 4.98. The van der Waals surface area contributed by atoms with Crippen LogP contribution in [0.15, 0.2) is 30.9 Å². The number of hydrogen-bond donors (Lipinski definition) is 1. The highest BCUT2D eigenvalue weighted by atomic mass is 16.3. The summed E-state index contributed by atoms with van der Waals surface area (Å²) < 4.78 is 2.15. The van der Waals surface area contributed by atoms with Crippen LogP contribution in [0.2, 0.25) is 0 Å². The van der Waals surface area contributed by atoms with E-state index in [1.54, 1.807) is 6.20 Å². The normalized spacial score (nSPS) is 17.5. The molecule has 0 saturated carbocycles. The lowest BCUT2D eigenvalue weighted by molar-refractivity contribution is 0.265. The summed E-state index contributed by atoms with van der Waals surface area (Å²) in [6.45, 7) is 5.33. The molecule has 4 rings (SSSR count). The predicted molar refractivity (Wildman–Crippen MR) is 100 cm³/mol. The fraction of sp³-hybridized carbons (Fsp3) is 0.474. The Hall–Kier alpha value is -2.54. The maximum absolute atomic E-state index is 9.54. The smallest absolute Gasteiger partial charge is 0.225 e. The summed E-state index contributed by atoms with van der Waals surface area (Å²) in [5.74, 6) is 0.701. The Balaban J connectivity index is 1.60. The molecule has 0 bridgehead atoms. The molecule has 26 heavy (non-hydrogen) atoms. The van der Waals surface area contributed by atoms with Crippen molar-refractivity contribution in [3.8, 4) is 0 Å². The molecule has 0 spiro atoms. The van der Waals surface area contributed by atoms with Crippen molar-refractivity contribution in [2.45, 2.75) is 45.2 Å². The van der Waals surface area contributed by atoms with Crippen LogP contribution in [0.25, 0.3) is 11.0 Å². The van der Waals surface area contributed by atoms with Crippen LogP contribution in [0.1, 0.15) is 44.1 Å². The molecule has 7 nitrogen and oxygen atoms in total. The highest BCUT2D eigenvalue weighted by Crippen LogP contribution is 2.23. The number of anilines is 1. The summed E-state index contributed by atoms with van der Waals surface area (Å²) in [6.07, 6.45) is 8.19. The van der Waals surface area contributed by atoms with Gasteiger partial charge in [-0.3, -0.25) is 4.98 Å². The first-order valence-electron chi connectivity index (χ1n) is 9.16. The molecule has 1 saturated heterocycles. The predicted octanol–water partition coefficient (Wildman–Crippen LogP) is 2.35. The maximum atomic E-state index is 9.54. The number of imidazole rings is 1. The molecule has 0 amide bonds. The van der Waals surface area contributed by atoms with Crippen molar-refractivity contribution >= 4 is 17.0 Å². The Labute approximate surface area is 152 Å². The van der Waals surface area contributed by atoms with E-state index in [1.165, 1.54) is 0 Å². The molecule has 0 aromatic carbocycles. The molecular weight excluding hydrogens is 328 g/mol. The molecule has 3 aromatic heterocycles. The zero-order chi connectivity index (χ0) is 18.1. The van der Waals surface area contributed by atoms with E-state index in [-0.39, 0.29) is 12.6 Å². The van der Waals surface area contributed by atoms with Crippen LogP contribution in [-0.4, -0.2) is 48.8 Å². The van der Waals surface area contributed by atoms with Crippen LogP contribution >= 0.6 is 0 Å². The molecule has 7 heteroatoms. The van der Waals surface area contributed by atoms with Crippen LogP contribution in [0, 0.1) is 0 Å². The molecule has 1 unspecified atom stereocenters. The van der Waals surface area contributed by atoms with E-state index in [0.29, 0.717) is 18.4 Å². The topological polar surface area (TPSA) is 80.0 Å². The van der Waals surface area contributed by atoms with Gasteiger partial charge in [0, 0.05) is 30.9 Å². The summed E-state index contributed by atoms with van der Waals surface area (Å²) in [6, 6.07) is 4.50. The van der Waals surface area contributed by atoms with Gasteiger partial charge in [0.2, 0.25) is 5.95 Å². The van der Waals surface area contributed by atoms with Crippen LogP contribution in [0.3, 0.4) is 0 Å². The second-order valence-electron chi connectivity index (χ2n) is 7.11. The summed E-state index contributed by atoms with van der Waals surface area (Å²) in [4.78, 5) is 20.2. The minimum atomic E-state index is 0.125. The van der Waals surface area contributed by atoms with Crippen molar-refractivity contribution in [2.24, 2.45) is 0 Å². The Kier molecular flexibility index (Phi) is 4.55. The van der Waals surface area contributed by atoms with Crippen molar-refractivity contribution in [3.05, 3.63) is 42.2 Å². The number of pyridine rings is 1. The molecule has 1 N–H and O–H groups in total. The van der Waals surface area contributed by atoms with Gasteiger partial charge in [-0.15, -0.1) is 0 Å². The molecule has 1 aliphatic rings. The molecule has 3 aromatic rings. The van der Waals surface area contributed by atoms with Crippen LogP contribution < -0.4 is 4.90 Å². The van der Waals surface area contributed by atoms with E-state index < -0.39 is 0 Å². The van der Waals surface area contributed by atoms with Crippen molar-refractivity contribution < 1.29 is 5.11 Å². The van der Waals surface area contributed by atoms with Gasteiger partial charge in [0.1, 0.15) is 5.52 Å². The van der Waals surface area contributed by atoms with Crippen molar-refractivity contribution in [1.82, 2.24) is 24.5 Å². The van der Waals surface area contributed by atoms with E-state index in [0.717, 1.165) is 41.8 Å². The largest absolute Gasteiger partial charge is 0.394 e. The van der Waals surface area contributed by atoms with Gasteiger partial charge in [-0.05, 0) is 38.8 Å². The third kappa shape index (κ3) is 3.14. The van der Waals surface area contributed by atoms with Gasteiger partial charge >= 0.3 is 0 Å². The van der Waals surface area contributed by atoms with Crippen molar-refractivity contribution in [3.63, 3.8) is 0 Å². The highest BCUT2D eigenvalue weighted by Gasteiger charge is 2.26. The van der Waals surface area contributed by atoms with Crippen molar-refractivity contribution in [1.29, 1.82) is 0 Å². The molecule has 1 fully saturated rings. The summed E-state index contributed by atoms with van der Waals surface area (Å²) >= 11 is 0. The average Bonchev–Trinajstić information content (AvgIpc) is 3.28. The molecule has 0 aliphatic carbocycles. The lowest BCUT2D eigenvalue weighted by Crippen LogP contribution is -2.33. The van der Waals surface area contributed by atoms with Gasteiger partial charge in [-0.2, -0.15) is 0 Å². The van der Waals surface area contributed by atoms with E-state index in [4.69, 9.17) is 4.98 Å². The van der Waals surface area contributed by atoms with E-state index >= 15 is 0 Å². The fourth-order valence-corrected chi connectivity index (χ4v) is 3.58. The second-order valence-corrected chi connectivity index (χ2v) is 7.11. The molecule has 1 aliphatic heterocycles. The molecule has 0 radical (unpaired) electrons. The van der Waals surface area contributed by atoms with E-state index in [1.807, 2.05) is 18.6 Å². The lowest BCUT2D eigenvalue weighted by atomic mass is 10.2. The van der Waals surface area contributed by atoms with Gasteiger partial charge in [0.15, 0.2) is 0 Å². The minimum absolute atomic E-state index is 0.125. The van der Waals surface area contributed by atoms with E-state index in [9.17, 15) is 5.11 Å². The Morgan fingerprint density at radius 3 is 2.92 bits per heavy atom. The zero-order valence-electron chi connectivity index (χ0n) is 15.2. The van der Waals surface area contributed by atoms with Gasteiger partial charge in [0.25, 0.3) is 0 Å². The Bertz CT molecular complexity index is 906. The van der Waals surface area contributed by atoms with Gasteiger partial charge < -0.3 is 14.6 Å². The molecule has 4 heterocycles. The van der Waals surface area contributed by atoms with Crippen molar-refractivity contribution in [2.75, 3.05) is 18.1 Å². The number of aromatic nitrogens is 5. The maximum Gasteiger partial charge on any atom is 0.225 e. The monoisotopic (exact) mass is 352 g/mol. The first kappa shape index (κ1) is 16.9. The van der Waals surface area contributed by atoms with Gasteiger partial charge in [0.05, 0.1) is 36.4 Å². The zero-order valence-corrected chi connectivity index (χ0v) is 15.2. The van der Waals surface area contributed by atoms with Crippen LogP contribution in [0.4, 0.5) is 5.95 Å². The standard InChI is InChI=1S/C19H24N6O/c1-13(2)25-12-22-17-10-21-15(9-18(17)25)8-14-5-6-20-19(23-14)24-7-3-4-16(24)11-26/h5-6,9-10,12-13,16,26H,3-4,7-8,11H2,1-2H3. The minimum Gasteiger partial charge on any atom is -0.394 e. The number of nitrogens with zero attached hydrogens (tertiary/aromatic N) is 6. The number of rotatable bonds is 5. The highest BCUT2D eigenvalue weighted by molar-refractivity contribution is 5.74. The first-order valence-corrected chi connectivity index (χ1v) is 9.16.